The lowest BCUT2D eigenvalue weighted by Crippen LogP contribution is -2.38. The lowest BCUT2D eigenvalue weighted by Gasteiger charge is -2.27. The topological polar surface area (TPSA) is 213 Å². The first-order chi connectivity index (χ1) is 24.8. The van der Waals surface area contributed by atoms with Gasteiger partial charge in [-0.2, -0.15) is 0 Å². The molecular formula is C35H44N2O14. The van der Waals surface area contributed by atoms with Gasteiger partial charge >= 0.3 is 23.9 Å². The molecular weight excluding hydrogens is 672 g/mol. The van der Waals surface area contributed by atoms with Gasteiger partial charge in [-0.1, -0.05) is 19.7 Å². The zero-order valence-electron chi connectivity index (χ0n) is 28.3. The number of esters is 4. The van der Waals surface area contributed by atoms with Gasteiger partial charge in [0.05, 0.1) is 39.1 Å². The van der Waals surface area contributed by atoms with Crippen molar-refractivity contribution in [1.29, 1.82) is 0 Å². The number of hydrogen-bond donors (Lipinski definition) is 2. The van der Waals surface area contributed by atoms with Gasteiger partial charge in [-0.25, -0.2) is 14.4 Å². The Morgan fingerprint density at radius 3 is 1.65 bits per heavy atom. The van der Waals surface area contributed by atoms with Crippen LogP contribution in [0, 0.1) is 24.3 Å². The second kappa shape index (κ2) is 28.3. The fraction of sp³-hybridized carbons (Fsp3) is 0.429. The van der Waals surface area contributed by atoms with Gasteiger partial charge in [-0.15, -0.1) is 0 Å². The molecule has 16 heteroatoms. The maximum absolute atomic E-state index is 12.4. The van der Waals surface area contributed by atoms with E-state index in [1.165, 1.54) is 6.07 Å². The number of benzene rings is 1. The van der Waals surface area contributed by atoms with Crippen molar-refractivity contribution in [1.82, 2.24) is 0 Å². The molecule has 4 N–H and O–H groups in total. The molecule has 0 amide bonds. The molecule has 1 aromatic rings. The number of rotatable bonds is 28. The van der Waals surface area contributed by atoms with E-state index in [4.69, 9.17) is 58.8 Å². The lowest BCUT2D eigenvalue weighted by molar-refractivity contribution is -0.151. The third-order valence-electron chi connectivity index (χ3n) is 6.04. The Hall–Kier alpha value is -5.52. The molecule has 0 heterocycles. The highest BCUT2D eigenvalue weighted by Crippen LogP contribution is 2.24. The summed E-state index contributed by atoms with van der Waals surface area (Å²) in [7, 11) is 0. The van der Waals surface area contributed by atoms with Gasteiger partial charge in [0.2, 0.25) is 0 Å². The Balaban J connectivity index is 2.70. The summed E-state index contributed by atoms with van der Waals surface area (Å²) >= 11 is 0. The van der Waals surface area contributed by atoms with Gasteiger partial charge in [-0.05, 0) is 30.5 Å². The van der Waals surface area contributed by atoms with Crippen LogP contribution in [0.2, 0.25) is 0 Å². The van der Waals surface area contributed by atoms with Crippen molar-refractivity contribution < 1.29 is 66.5 Å². The quantitative estimate of drug-likeness (QED) is 0.0310. The van der Waals surface area contributed by atoms with Crippen LogP contribution in [-0.4, -0.2) is 102 Å². The summed E-state index contributed by atoms with van der Waals surface area (Å²) < 4.78 is 53.7. The minimum atomic E-state index is -0.710. The van der Waals surface area contributed by atoms with Crippen LogP contribution in [0.15, 0.2) is 56.2 Å². The first-order valence-electron chi connectivity index (χ1n) is 15.6. The summed E-state index contributed by atoms with van der Waals surface area (Å²) in [5.41, 5.74) is 11.0. The minimum absolute atomic E-state index is 0.000733. The van der Waals surface area contributed by atoms with Crippen LogP contribution in [0.4, 0.5) is 0 Å². The van der Waals surface area contributed by atoms with Gasteiger partial charge in [0.1, 0.15) is 56.2 Å². The molecule has 2 unspecified atom stereocenters. The van der Waals surface area contributed by atoms with E-state index in [0.29, 0.717) is 23.5 Å². The maximum atomic E-state index is 12.4. The number of carbonyl (C=O) groups excluding carboxylic acids is 4. The van der Waals surface area contributed by atoms with E-state index in [9.17, 15) is 19.2 Å². The highest BCUT2D eigenvalue weighted by molar-refractivity contribution is 5.81. The molecule has 0 saturated heterocycles. The van der Waals surface area contributed by atoms with E-state index >= 15 is 0 Å². The Labute approximate surface area is 296 Å². The zero-order valence-corrected chi connectivity index (χ0v) is 28.3. The van der Waals surface area contributed by atoms with Gasteiger partial charge in [0.25, 0.3) is 0 Å². The predicted octanol–water partition coefficient (Wildman–Crippen LogP) is 1.06. The molecule has 0 radical (unpaired) electrons. The van der Waals surface area contributed by atoms with Crippen LogP contribution in [0.25, 0.3) is 0 Å². The first kappa shape index (κ1) is 43.5. The van der Waals surface area contributed by atoms with Gasteiger partial charge < -0.3 is 58.8 Å². The van der Waals surface area contributed by atoms with Crippen LogP contribution in [-0.2, 0) is 63.5 Å². The van der Waals surface area contributed by atoms with E-state index < -0.39 is 36.1 Å². The molecule has 51 heavy (non-hydrogen) atoms. The number of ether oxygens (including phenoxy) is 10. The Morgan fingerprint density at radius 1 is 0.627 bits per heavy atom. The van der Waals surface area contributed by atoms with E-state index in [-0.39, 0.29) is 78.9 Å². The average molecular weight is 717 g/mol. The summed E-state index contributed by atoms with van der Waals surface area (Å²) in [6.45, 7) is 10.2. The van der Waals surface area contributed by atoms with Crippen molar-refractivity contribution in [3.63, 3.8) is 0 Å². The second-order valence-electron chi connectivity index (χ2n) is 9.64. The molecule has 0 spiro atoms. The molecule has 2 atom stereocenters. The number of carbonyl (C=O) groups is 4. The van der Waals surface area contributed by atoms with Crippen molar-refractivity contribution in [2.75, 3.05) is 66.1 Å². The molecule has 16 nitrogen and oxygen atoms in total. The largest absolute Gasteiger partial charge is 0.463 e. The summed E-state index contributed by atoms with van der Waals surface area (Å²) in [4.78, 5) is 46.5. The fourth-order valence-corrected chi connectivity index (χ4v) is 3.80. The van der Waals surface area contributed by atoms with Crippen molar-refractivity contribution in [2.45, 2.75) is 31.5 Å². The molecule has 0 saturated carbocycles. The number of aryl methyl sites for hydroxylation is 1. The molecule has 0 aliphatic carbocycles. The van der Waals surface area contributed by atoms with E-state index in [1.807, 2.05) is 0 Å². The fourth-order valence-electron chi connectivity index (χ4n) is 3.80. The second-order valence-corrected chi connectivity index (χ2v) is 9.64. The highest BCUT2D eigenvalue weighted by Gasteiger charge is 2.24. The van der Waals surface area contributed by atoms with Gasteiger partial charge in [-0.3, -0.25) is 4.79 Å². The van der Waals surface area contributed by atoms with Gasteiger partial charge in [0, 0.05) is 49.4 Å². The van der Waals surface area contributed by atoms with Crippen molar-refractivity contribution in [3.8, 4) is 35.8 Å². The first-order valence-corrected chi connectivity index (χ1v) is 15.6. The number of nitrogens with two attached hydrogens (primary N) is 2. The Kier molecular flexibility index (Phi) is 24.2. The summed E-state index contributed by atoms with van der Waals surface area (Å²) in [5.74, 6) is -1.61. The standard InChI is InChI=1S/C35H44N2O14/c1-4-32(38)48-18-16-43-26-31(47-20-22-50-34(40)6-3)30(46-19-21-49-33(39)5-2)9-12-42-15-17-51-35(41)8-7-27-23-28(44-13-10-36)25-29(24-27)45-14-11-37/h4-6,23-25,30-31H,1-3,7-9,12,15-22,26,36-37H2. The number of hydrogen-bond acceptors (Lipinski definition) is 16. The molecule has 1 aromatic carbocycles. The van der Waals surface area contributed by atoms with Crippen molar-refractivity contribution >= 4 is 23.9 Å². The van der Waals surface area contributed by atoms with E-state index in [1.54, 1.807) is 12.1 Å². The van der Waals surface area contributed by atoms with Crippen LogP contribution < -0.4 is 20.9 Å². The molecule has 0 aromatic heterocycles. The van der Waals surface area contributed by atoms with Crippen molar-refractivity contribution in [3.05, 3.63) is 61.7 Å². The third-order valence-corrected chi connectivity index (χ3v) is 6.04. The Bertz CT molecular complexity index is 1350. The SMILES string of the molecule is C=CC(=O)OCCOCC(OCCOC(=O)C=C)C(CCOCCOC(=O)CCc1cc(OC#CN)cc(OC#CN)c1)OCCOC(=O)C=C. The minimum Gasteiger partial charge on any atom is -0.463 e. The predicted molar refractivity (Wildman–Crippen MR) is 180 cm³/mol. The Morgan fingerprint density at radius 2 is 1.12 bits per heavy atom. The zero-order chi connectivity index (χ0) is 37.5. The highest BCUT2D eigenvalue weighted by atomic mass is 16.6. The lowest BCUT2D eigenvalue weighted by atomic mass is 10.1. The summed E-state index contributed by atoms with van der Waals surface area (Å²) in [6, 6.07) is 9.12. The molecule has 278 valence electrons. The molecule has 0 fully saturated rings. The third kappa shape index (κ3) is 21.9. The van der Waals surface area contributed by atoms with Crippen LogP contribution in [0.5, 0.6) is 11.5 Å². The maximum Gasteiger partial charge on any atom is 0.330 e. The van der Waals surface area contributed by atoms with Crippen LogP contribution >= 0.6 is 0 Å². The van der Waals surface area contributed by atoms with Crippen LogP contribution in [0.1, 0.15) is 18.4 Å². The molecule has 0 aliphatic heterocycles. The van der Waals surface area contributed by atoms with Gasteiger partial charge in [0.15, 0.2) is 0 Å². The van der Waals surface area contributed by atoms with E-state index in [0.717, 1.165) is 18.2 Å². The molecule has 0 bridgehead atoms. The molecule has 1 rings (SSSR count). The average Bonchev–Trinajstić information content (AvgIpc) is 3.14. The monoisotopic (exact) mass is 716 g/mol. The van der Waals surface area contributed by atoms with E-state index in [2.05, 4.69) is 44.0 Å². The van der Waals surface area contributed by atoms with Crippen LogP contribution in [0.3, 0.4) is 0 Å². The summed E-state index contributed by atoms with van der Waals surface area (Å²) in [6.07, 6.45) is 6.91. The smallest absolute Gasteiger partial charge is 0.330 e. The summed E-state index contributed by atoms with van der Waals surface area (Å²) in [5, 5.41) is 0. The van der Waals surface area contributed by atoms with Crippen molar-refractivity contribution in [2.24, 2.45) is 11.5 Å². The normalized spacial score (nSPS) is 11.1. The molecule has 0 aliphatic rings.